The number of carbonyl (C=O) groups is 1. The molecule has 0 aliphatic heterocycles. The van der Waals surface area contributed by atoms with Gasteiger partial charge in [-0.25, -0.2) is 0 Å². The number of thioether (sulfide) groups is 1. The van der Waals surface area contributed by atoms with Crippen molar-refractivity contribution >= 4 is 50.4 Å². The van der Waals surface area contributed by atoms with Crippen LogP contribution in [0.3, 0.4) is 0 Å². The Morgan fingerprint density at radius 2 is 2.11 bits per heavy atom. The molecular weight excluding hydrogens is 376 g/mol. The highest BCUT2D eigenvalue weighted by Gasteiger charge is 2.22. The summed E-state index contributed by atoms with van der Waals surface area (Å²) in [5, 5.41) is 14.2. The van der Waals surface area contributed by atoms with Crippen molar-refractivity contribution in [3.05, 3.63) is 53.7 Å². The van der Waals surface area contributed by atoms with E-state index in [1.807, 2.05) is 35.6 Å². The van der Waals surface area contributed by atoms with E-state index >= 15 is 0 Å². The normalized spacial score (nSPS) is 12.5. The van der Waals surface area contributed by atoms with Crippen LogP contribution in [0.5, 0.6) is 0 Å². The number of fused-ring (bicyclic) bond motifs is 3. The molecule has 0 fully saturated rings. The lowest BCUT2D eigenvalue weighted by Gasteiger charge is -2.16. The molecule has 0 bridgehead atoms. The van der Waals surface area contributed by atoms with Crippen molar-refractivity contribution in [1.82, 2.24) is 14.6 Å². The maximum Gasteiger partial charge on any atom is 0.237 e. The van der Waals surface area contributed by atoms with Gasteiger partial charge in [-0.05, 0) is 42.0 Å². The lowest BCUT2D eigenvalue weighted by atomic mass is 10.1. The van der Waals surface area contributed by atoms with Crippen molar-refractivity contribution in [3.63, 3.8) is 0 Å². The van der Waals surface area contributed by atoms with Crippen molar-refractivity contribution in [2.75, 3.05) is 5.32 Å². The summed E-state index contributed by atoms with van der Waals surface area (Å²) in [4.78, 5) is 12.9. The van der Waals surface area contributed by atoms with Gasteiger partial charge in [0.1, 0.15) is 11.4 Å². The van der Waals surface area contributed by atoms with E-state index in [-0.39, 0.29) is 11.2 Å². The quantitative estimate of drug-likeness (QED) is 0.465. The predicted octanol–water partition coefficient (Wildman–Crippen LogP) is 5.02. The average molecular weight is 397 g/mol. The van der Waals surface area contributed by atoms with Crippen LogP contribution in [0.2, 0.25) is 0 Å². The Morgan fingerprint density at radius 1 is 1.26 bits per heavy atom. The fourth-order valence-electron chi connectivity index (χ4n) is 3.12. The van der Waals surface area contributed by atoms with E-state index in [0.717, 1.165) is 33.7 Å². The largest absolute Gasteiger partial charge is 0.325 e. The van der Waals surface area contributed by atoms with Crippen LogP contribution in [-0.2, 0) is 11.2 Å². The molecule has 0 saturated carbocycles. The minimum atomic E-state index is -0.233. The van der Waals surface area contributed by atoms with Gasteiger partial charge in [0.15, 0.2) is 0 Å². The maximum absolute atomic E-state index is 12.9. The second-order valence-electron chi connectivity index (χ2n) is 6.22. The van der Waals surface area contributed by atoms with Crippen LogP contribution in [0.4, 0.5) is 5.69 Å². The number of benzene rings is 1. The third-order valence-corrected chi connectivity index (χ3v) is 6.77. The van der Waals surface area contributed by atoms with Crippen molar-refractivity contribution in [1.29, 1.82) is 0 Å². The molecule has 138 valence electrons. The molecule has 0 saturated heterocycles. The monoisotopic (exact) mass is 396 g/mol. The molecule has 4 rings (SSSR count). The van der Waals surface area contributed by atoms with Crippen LogP contribution in [0.15, 0.2) is 53.1 Å². The van der Waals surface area contributed by atoms with E-state index in [1.54, 1.807) is 17.7 Å². The smallest absolute Gasteiger partial charge is 0.237 e. The van der Waals surface area contributed by atoms with E-state index in [1.165, 1.54) is 16.5 Å². The number of para-hydroxylation sites is 1. The van der Waals surface area contributed by atoms with Crippen LogP contribution in [-0.4, -0.2) is 25.8 Å². The summed E-state index contributed by atoms with van der Waals surface area (Å²) in [6.07, 6.45) is 3.32. The summed E-state index contributed by atoms with van der Waals surface area (Å²) in [7, 11) is 0. The number of hydrogen-bond acceptors (Lipinski definition) is 5. The first-order chi connectivity index (χ1) is 13.2. The lowest BCUT2D eigenvalue weighted by Crippen LogP contribution is -2.25. The molecule has 0 radical (unpaired) electrons. The Balaban J connectivity index is 1.60. The van der Waals surface area contributed by atoms with Gasteiger partial charge >= 0.3 is 0 Å². The maximum atomic E-state index is 12.9. The summed E-state index contributed by atoms with van der Waals surface area (Å²) < 4.78 is 3.24. The fraction of sp³-hybridized carbons (Fsp3) is 0.250. The summed E-state index contributed by atoms with van der Waals surface area (Å²) in [5.41, 5.74) is 4.15. The Bertz CT molecular complexity index is 1100. The molecular formula is C20H20N4OS2. The van der Waals surface area contributed by atoms with Crippen LogP contribution >= 0.6 is 23.1 Å². The van der Waals surface area contributed by atoms with Gasteiger partial charge in [0.2, 0.25) is 5.91 Å². The highest BCUT2D eigenvalue weighted by molar-refractivity contribution is 8.00. The molecule has 5 nitrogen and oxygen atoms in total. The standard InChI is InChI=1S/C20H20N4OS2/c1-3-13-7-5-6-8-14(13)22-19(25)17(4-2)27-20-16-11-18-15(9-10-26-18)24(16)12-21-23-20/h5-12,17H,3-4H2,1-2H3,(H,22,25)/t17-/m1/s1. The molecule has 0 aliphatic carbocycles. The number of nitrogens with one attached hydrogen (secondary N) is 1. The zero-order valence-corrected chi connectivity index (χ0v) is 16.8. The summed E-state index contributed by atoms with van der Waals surface area (Å²) in [5.74, 6) is 0.000529. The lowest BCUT2D eigenvalue weighted by molar-refractivity contribution is -0.115. The second kappa shape index (κ2) is 7.70. The van der Waals surface area contributed by atoms with E-state index < -0.39 is 0 Å². The summed E-state index contributed by atoms with van der Waals surface area (Å²) in [6.45, 7) is 4.11. The summed E-state index contributed by atoms with van der Waals surface area (Å²) >= 11 is 3.17. The number of hydrogen-bond donors (Lipinski definition) is 1. The number of amides is 1. The number of anilines is 1. The first-order valence-electron chi connectivity index (χ1n) is 8.96. The molecule has 3 aromatic heterocycles. The third-order valence-electron chi connectivity index (χ3n) is 4.57. The fourth-order valence-corrected chi connectivity index (χ4v) is 4.90. The number of rotatable bonds is 6. The number of carbonyl (C=O) groups excluding carboxylic acids is 1. The Kier molecular flexibility index (Phi) is 5.13. The van der Waals surface area contributed by atoms with E-state index in [2.05, 4.69) is 40.0 Å². The van der Waals surface area contributed by atoms with Crippen molar-refractivity contribution in [3.8, 4) is 0 Å². The van der Waals surface area contributed by atoms with Crippen LogP contribution in [0.25, 0.3) is 15.7 Å². The van der Waals surface area contributed by atoms with Crippen molar-refractivity contribution < 1.29 is 4.79 Å². The molecule has 3 heterocycles. The average Bonchev–Trinajstić information content (AvgIpc) is 3.28. The van der Waals surface area contributed by atoms with Crippen molar-refractivity contribution in [2.24, 2.45) is 0 Å². The minimum Gasteiger partial charge on any atom is -0.325 e. The molecule has 27 heavy (non-hydrogen) atoms. The van der Waals surface area contributed by atoms with Gasteiger partial charge in [0.25, 0.3) is 0 Å². The zero-order valence-electron chi connectivity index (χ0n) is 15.2. The van der Waals surface area contributed by atoms with E-state index in [4.69, 9.17) is 0 Å². The van der Waals surface area contributed by atoms with Crippen LogP contribution < -0.4 is 5.32 Å². The summed E-state index contributed by atoms with van der Waals surface area (Å²) in [6, 6.07) is 12.1. The van der Waals surface area contributed by atoms with Gasteiger partial charge in [0.05, 0.1) is 21.0 Å². The van der Waals surface area contributed by atoms with Gasteiger partial charge in [-0.15, -0.1) is 21.5 Å². The molecule has 0 aliphatic rings. The highest BCUT2D eigenvalue weighted by Crippen LogP contribution is 2.33. The van der Waals surface area contributed by atoms with Gasteiger partial charge in [-0.2, -0.15) is 0 Å². The molecule has 1 N–H and O–H groups in total. The molecule has 1 aromatic carbocycles. The topological polar surface area (TPSA) is 59.3 Å². The SMILES string of the molecule is CCc1ccccc1NC(=O)[C@@H](CC)Sc1nncn2c1cc1sccc12. The zero-order chi connectivity index (χ0) is 18.8. The Hall–Kier alpha value is -2.38. The molecule has 4 aromatic rings. The molecule has 1 amide bonds. The molecule has 0 unspecified atom stereocenters. The third kappa shape index (κ3) is 3.44. The number of nitrogens with zero attached hydrogens (tertiary/aromatic N) is 3. The molecule has 0 spiro atoms. The van der Waals surface area contributed by atoms with Gasteiger partial charge in [-0.1, -0.05) is 43.8 Å². The number of aryl methyl sites for hydroxylation is 1. The van der Waals surface area contributed by atoms with Gasteiger partial charge in [-0.3, -0.25) is 9.20 Å². The molecule has 7 heteroatoms. The number of thiophene rings is 1. The molecule has 1 atom stereocenters. The van der Waals surface area contributed by atoms with Crippen molar-refractivity contribution in [2.45, 2.75) is 37.0 Å². The van der Waals surface area contributed by atoms with E-state index in [9.17, 15) is 4.79 Å². The van der Waals surface area contributed by atoms with Gasteiger partial charge < -0.3 is 5.32 Å². The van der Waals surface area contributed by atoms with Crippen LogP contribution in [0, 0.1) is 0 Å². The first kappa shape index (κ1) is 18.0. The minimum absolute atomic E-state index is 0.000529. The van der Waals surface area contributed by atoms with E-state index in [0.29, 0.717) is 6.42 Å². The number of aromatic nitrogens is 3. The second-order valence-corrected chi connectivity index (χ2v) is 8.36. The highest BCUT2D eigenvalue weighted by atomic mass is 32.2. The van der Waals surface area contributed by atoms with Gasteiger partial charge in [0, 0.05) is 5.69 Å². The first-order valence-corrected chi connectivity index (χ1v) is 10.7. The Morgan fingerprint density at radius 3 is 2.93 bits per heavy atom. The predicted molar refractivity (Wildman–Crippen MR) is 113 cm³/mol. The van der Waals surface area contributed by atoms with Crippen LogP contribution in [0.1, 0.15) is 25.8 Å². The Labute approximate surface area is 165 Å².